The van der Waals surface area contributed by atoms with E-state index in [9.17, 15) is 55.8 Å². The highest BCUT2D eigenvalue weighted by Gasteiger charge is 2.35. The monoisotopic (exact) mass is 476 g/mol. The lowest BCUT2D eigenvalue weighted by Crippen LogP contribution is -2.19. The number of hydrogen-bond acceptors (Lipinski definition) is 11. The molecule has 0 saturated carbocycles. The van der Waals surface area contributed by atoms with E-state index in [-0.39, 0.29) is 0 Å². The van der Waals surface area contributed by atoms with Gasteiger partial charge in [-0.05, 0) is 12.1 Å². The quantitative estimate of drug-likeness (QED) is 0.194. The van der Waals surface area contributed by atoms with E-state index in [0.717, 1.165) is 12.1 Å². The number of nitro groups is 2. The average Bonchev–Trinajstić information content (AvgIpc) is 2.65. The highest BCUT2D eigenvalue weighted by atomic mass is 32.2. The molecule has 2 N–H and O–H groups in total. The molecule has 2 rings (SSSR count). The first-order valence-electron chi connectivity index (χ1n) is 7.42. The molecule has 0 fully saturated rings. The topological polar surface area (TPSA) is 238 Å². The summed E-state index contributed by atoms with van der Waals surface area (Å²) in [5.74, 6) is -3.76. The number of ether oxygens (including phenoxy) is 1. The Morgan fingerprint density at radius 3 is 1.32 bits per heavy atom. The van der Waals surface area contributed by atoms with E-state index < -0.39 is 74.3 Å². The summed E-state index contributed by atoms with van der Waals surface area (Å²) in [5.41, 5.74) is -4.80. The molecule has 0 unspecified atom stereocenters. The second-order valence-electron chi connectivity index (χ2n) is 5.45. The molecule has 0 aliphatic rings. The summed E-state index contributed by atoms with van der Waals surface area (Å²) in [4.78, 5) is 41.0. The van der Waals surface area contributed by atoms with Crippen LogP contribution in [0.2, 0.25) is 0 Å². The van der Waals surface area contributed by atoms with Crippen molar-refractivity contribution in [2.45, 2.75) is 9.79 Å². The summed E-state index contributed by atoms with van der Waals surface area (Å²) in [6.07, 6.45) is 0. The summed E-state index contributed by atoms with van der Waals surface area (Å²) >= 11 is 0. The van der Waals surface area contributed by atoms with Gasteiger partial charge in [0.15, 0.2) is 9.79 Å². The molecule has 0 bridgehead atoms. The Hall–Kier alpha value is -3.80. The summed E-state index contributed by atoms with van der Waals surface area (Å²) in [5, 5.41) is 22.0. The molecule has 0 aliphatic heterocycles. The normalized spacial score (nSPS) is 11.5. The van der Waals surface area contributed by atoms with Gasteiger partial charge in [-0.25, -0.2) is 9.59 Å². The molecule has 0 saturated heterocycles. The van der Waals surface area contributed by atoms with Crippen LogP contribution in [0, 0.1) is 20.2 Å². The van der Waals surface area contributed by atoms with E-state index in [1.165, 1.54) is 0 Å². The van der Waals surface area contributed by atoms with Gasteiger partial charge in [0.1, 0.15) is 0 Å². The maximum absolute atomic E-state index is 12.3. The highest BCUT2D eigenvalue weighted by molar-refractivity contribution is 7.86. The van der Waals surface area contributed by atoms with Crippen LogP contribution in [0.25, 0.3) is 0 Å². The smallest absolute Gasteiger partial charge is 0.347 e. The van der Waals surface area contributed by atoms with Gasteiger partial charge in [0, 0.05) is 12.1 Å². The molecule has 17 heteroatoms. The van der Waals surface area contributed by atoms with Crippen molar-refractivity contribution in [3.63, 3.8) is 0 Å². The van der Waals surface area contributed by atoms with Crippen molar-refractivity contribution in [1.29, 1.82) is 0 Å². The molecule has 0 heterocycles. The van der Waals surface area contributed by atoms with Gasteiger partial charge in [-0.1, -0.05) is 12.1 Å². The Balaban J connectivity index is 2.61. The zero-order valence-corrected chi connectivity index (χ0v) is 16.2. The van der Waals surface area contributed by atoms with E-state index in [2.05, 4.69) is 4.74 Å². The van der Waals surface area contributed by atoms with Crippen molar-refractivity contribution in [1.82, 2.24) is 0 Å². The fourth-order valence-electron chi connectivity index (χ4n) is 2.40. The van der Waals surface area contributed by atoms with Gasteiger partial charge in [0.2, 0.25) is 0 Å². The predicted molar refractivity (Wildman–Crippen MR) is 95.6 cm³/mol. The Morgan fingerprint density at radius 1 is 0.742 bits per heavy atom. The van der Waals surface area contributed by atoms with E-state index in [0.29, 0.717) is 24.3 Å². The first-order chi connectivity index (χ1) is 14.2. The lowest BCUT2D eigenvalue weighted by Gasteiger charge is -2.09. The van der Waals surface area contributed by atoms with Crippen molar-refractivity contribution in [3.05, 3.63) is 67.8 Å². The number of hydrogen-bond donors (Lipinski definition) is 2. The Labute approximate surface area is 171 Å². The van der Waals surface area contributed by atoms with Crippen molar-refractivity contribution >= 4 is 43.5 Å². The molecule has 0 radical (unpaired) electrons. The third kappa shape index (κ3) is 4.86. The number of esters is 2. The second kappa shape index (κ2) is 8.14. The van der Waals surface area contributed by atoms with E-state index in [1.54, 1.807) is 0 Å². The number of carbonyl (C=O) groups excluding carboxylic acids is 2. The zero-order valence-electron chi connectivity index (χ0n) is 14.6. The first kappa shape index (κ1) is 23.5. The second-order valence-corrected chi connectivity index (χ2v) is 8.17. The minimum atomic E-state index is -5.38. The molecular weight excluding hydrogens is 468 g/mol. The van der Waals surface area contributed by atoms with Crippen LogP contribution in [0.1, 0.15) is 20.7 Å². The average molecular weight is 476 g/mol. The number of nitro benzene ring substituents is 2. The van der Waals surface area contributed by atoms with Gasteiger partial charge in [0.25, 0.3) is 11.4 Å². The zero-order chi connectivity index (χ0) is 23.7. The van der Waals surface area contributed by atoms with Crippen LogP contribution in [0.15, 0.2) is 46.2 Å². The molecule has 164 valence electrons. The van der Waals surface area contributed by atoms with Gasteiger partial charge in [0.05, 0.1) is 21.0 Å². The molecule has 15 nitrogen and oxygen atoms in total. The first-order valence-corrected chi connectivity index (χ1v) is 10.3. The summed E-state index contributed by atoms with van der Waals surface area (Å²) in [7, 11) is -10.8. The summed E-state index contributed by atoms with van der Waals surface area (Å²) < 4.78 is 68.8. The van der Waals surface area contributed by atoms with Crippen molar-refractivity contribution in [3.8, 4) is 0 Å². The Morgan fingerprint density at radius 2 is 1.06 bits per heavy atom. The number of benzene rings is 2. The largest absolute Gasteiger partial charge is 0.386 e. The van der Waals surface area contributed by atoms with Gasteiger partial charge < -0.3 is 4.74 Å². The van der Waals surface area contributed by atoms with Gasteiger partial charge in [-0.2, -0.15) is 16.8 Å². The van der Waals surface area contributed by atoms with Crippen LogP contribution in [0.3, 0.4) is 0 Å². The molecule has 0 atom stereocenters. The fraction of sp³-hybridized carbons (Fsp3) is 0. The maximum atomic E-state index is 12.3. The van der Waals surface area contributed by atoms with E-state index in [4.69, 9.17) is 0 Å². The van der Waals surface area contributed by atoms with Crippen LogP contribution in [0.4, 0.5) is 11.4 Å². The van der Waals surface area contributed by atoms with E-state index in [1.807, 2.05) is 0 Å². The van der Waals surface area contributed by atoms with Crippen LogP contribution < -0.4 is 0 Å². The molecule has 2 aromatic rings. The predicted octanol–water partition coefficient (Wildman–Crippen LogP) is 0.994. The standard InChI is InChI=1S/C14H8N2O13S2/c17-13(7-3-1-5-9(15(19)20)11(7)30(23,24)25)29-14(18)8-4-2-6-10(16(21)22)12(8)31(26,27)28/h1-6H,(H,23,24,25)(H,26,27,28). The van der Waals surface area contributed by atoms with Gasteiger partial charge >= 0.3 is 32.2 Å². The summed E-state index contributed by atoms with van der Waals surface area (Å²) in [6, 6.07) is 4.18. The molecule has 0 spiro atoms. The lowest BCUT2D eigenvalue weighted by molar-refractivity contribution is -0.388. The van der Waals surface area contributed by atoms with Crippen molar-refractivity contribution < 1.29 is 50.1 Å². The van der Waals surface area contributed by atoms with Gasteiger partial charge in [-0.15, -0.1) is 0 Å². The number of rotatable bonds is 6. The third-order valence-corrected chi connectivity index (χ3v) is 5.41. The van der Waals surface area contributed by atoms with Crippen LogP contribution in [0.5, 0.6) is 0 Å². The summed E-state index contributed by atoms with van der Waals surface area (Å²) in [6.45, 7) is 0. The number of nitrogens with zero attached hydrogens (tertiary/aromatic N) is 2. The molecular formula is C14H8N2O13S2. The van der Waals surface area contributed by atoms with Crippen molar-refractivity contribution in [2.75, 3.05) is 0 Å². The molecule has 0 aromatic heterocycles. The van der Waals surface area contributed by atoms with Crippen LogP contribution in [-0.4, -0.2) is 47.7 Å². The minimum Gasteiger partial charge on any atom is -0.386 e. The molecule has 0 aliphatic carbocycles. The number of carbonyl (C=O) groups is 2. The van der Waals surface area contributed by atoms with Crippen LogP contribution in [-0.2, 0) is 25.0 Å². The van der Waals surface area contributed by atoms with E-state index >= 15 is 0 Å². The third-order valence-electron chi connectivity index (χ3n) is 3.52. The van der Waals surface area contributed by atoms with Gasteiger partial charge in [-0.3, -0.25) is 29.3 Å². The SMILES string of the molecule is O=C(OC(=O)c1cccc([N+](=O)[O-])c1S(=O)(=O)O)c1cccc([N+](=O)[O-])c1S(=O)(=O)O. The molecule has 31 heavy (non-hydrogen) atoms. The maximum Gasteiger partial charge on any atom is 0.347 e. The fourth-order valence-corrected chi connectivity index (χ4v) is 4.07. The Bertz CT molecular complexity index is 1240. The minimum absolute atomic E-state index is 0.624. The Kier molecular flexibility index (Phi) is 6.17. The van der Waals surface area contributed by atoms with Crippen LogP contribution >= 0.6 is 0 Å². The molecule has 2 aromatic carbocycles. The lowest BCUT2D eigenvalue weighted by atomic mass is 10.2. The highest BCUT2D eigenvalue weighted by Crippen LogP contribution is 2.30. The van der Waals surface area contributed by atoms with Crippen molar-refractivity contribution in [2.24, 2.45) is 0 Å². The molecule has 0 amide bonds.